The molecule has 152 valence electrons. The maximum absolute atomic E-state index is 11.5. The van der Waals surface area contributed by atoms with Gasteiger partial charge in [0.05, 0.1) is 11.0 Å². The average molecular weight is 399 g/mol. The summed E-state index contributed by atoms with van der Waals surface area (Å²) >= 11 is 0. The van der Waals surface area contributed by atoms with Crippen molar-refractivity contribution in [3.63, 3.8) is 0 Å². The minimum absolute atomic E-state index is 0.143. The van der Waals surface area contributed by atoms with Crippen molar-refractivity contribution in [1.82, 2.24) is 14.9 Å². The Bertz CT molecular complexity index is 1190. The highest BCUT2D eigenvalue weighted by Gasteiger charge is 2.21. The second-order valence-corrected chi connectivity index (χ2v) is 8.00. The fourth-order valence-corrected chi connectivity index (χ4v) is 4.32. The number of H-pyrrole nitrogens is 2. The fourth-order valence-electron chi connectivity index (χ4n) is 4.32. The van der Waals surface area contributed by atoms with Gasteiger partial charge in [0.25, 0.3) is 0 Å². The molecule has 5 heteroatoms. The van der Waals surface area contributed by atoms with Gasteiger partial charge in [-0.2, -0.15) is 0 Å². The molecule has 2 heterocycles. The van der Waals surface area contributed by atoms with E-state index in [1.165, 1.54) is 11.1 Å². The zero-order chi connectivity index (χ0) is 20.3. The first-order chi connectivity index (χ1) is 14.7. The van der Waals surface area contributed by atoms with E-state index in [1.54, 1.807) is 0 Å². The summed E-state index contributed by atoms with van der Waals surface area (Å²) in [5, 5.41) is 0. The van der Waals surface area contributed by atoms with Crippen LogP contribution in [-0.2, 0) is 6.54 Å². The monoisotopic (exact) mass is 399 g/mol. The Hall–Kier alpha value is -3.31. The van der Waals surface area contributed by atoms with E-state index < -0.39 is 0 Å². The number of aromatic nitrogens is 2. The Morgan fingerprint density at radius 3 is 2.43 bits per heavy atom. The van der Waals surface area contributed by atoms with Gasteiger partial charge in [0.1, 0.15) is 11.5 Å². The predicted octanol–water partition coefficient (Wildman–Crippen LogP) is 5.03. The van der Waals surface area contributed by atoms with Gasteiger partial charge in [0.2, 0.25) is 0 Å². The van der Waals surface area contributed by atoms with Crippen LogP contribution < -0.4 is 10.4 Å². The Morgan fingerprint density at radius 1 is 0.833 bits per heavy atom. The van der Waals surface area contributed by atoms with Crippen LogP contribution in [0.1, 0.15) is 29.9 Å². The number of nitrogens with zero attached hydrogens (tertiary/aromatic N) is 1. The Balaban J connectivity index is 1.20. The maximum atomic E-state index is 11.5. The molecule has 0 saturated carbocycles. The van der Waals surface area contributed by atoms with Crippen LogP contribution in [-0.4, -0.2) is 28.0 Å². The number of benzene rings is 3. The molecule has 5 rings (SSSR count). The number of rotatable bonds is 5. The summed E-state index contributed by atoms with van der Waals surface area (Å²) in [6.45, 7) is 3.06. The van der Waals surface area contributed by atoms with Crippen molar-refractivity contribution in [3.8, 4) is 11.5 Å². The number of aromatic amines is 2. The van der Waals surface area contributed by atoms with Crippen LogP contribution >= 0.6 is 0 Å². The van der Waals surface area contributed by atoms with E-state index in [2.05, 4.69) is 45.2 Å². The van der Waals surface area contributed by atoms with Gasteiger partial charge in [-0.3, -0.25) is 4.90 Å². The average Bonchev–Trinajstić information content (AvgIpc) is 3.14. The van der Waals surface area contributed by atoms with E-state index in [0.29, 0.717) is 5.92 Å². The van der Waals surface area contributed by atoms with Crippen LogP contribution in [0, 0.1) is 0 Å². The smallest absolute Gasteiger partial charge is 0.323 e. The summed E-state index contributed by atoms with van der Waals surface area (Å²) in [5.41, 5.74) is 4.22. The molecule has 1 fully saturated rings. The summed E-state index contributed by atoms with van der Waals surface area (Å²) < 4.78 is 5.97. The summed E-state index contributed by atoms with van der Waals surface area (Å²) in [7, 11) is 0. The third kappa shape index (κ3) is 4.16. The van der Waals surface area contributed by atoms with Gasteiger partial charge in [-0.05, 0) is 79.4 Å². The van der Waals surface area contributed by atoms with Crippen molar-refractivity contribution < 1.29 is 4.74 Å². The number of piperidine rings is 1. The van der Waals surface area contributed by atoms with Crippen LogP contribution in [0.4, 0.5) is 0 Å². The van der Waals surface area contributed by atoms with Crippen molar-refractivity contribution in [2.24, 2.45) is 0 Å². The standard InChI is InChI=1S/C25H25N3O2/c29-25-26-23-10-9-20(16-24(23)27-25)19-11-13-28(14-12-19)17-18-5-4-8-22(15-18)30-21-6-2-1-3-7-21/h1-10,15-16,19H,11-14,17H2,(H2,26,27,29). The first kappa shape index (κ1) is 18.7. The molecule has 1 aliphatic heterocycles. The Morgan fingerprint density at radius 2 is 1.60 bits per heavy atom. The molecule has 1 aliphatic rings. The number of ether oxygens (including phenoxy) is 1. The Labute approximate surface area is 175 Å². The molecular weight excluding hydrogens is 374 g/mol. The molecule has 3 aromatic carbocycles. The normalized spacial score (nSPS) is 15.5. The van der Waals surface area contributed by atoms with Gasteiger partial charge in [-0.1, -0.05) is 36.4 Å². The van der Waals surface area contributed by atoms with E-state index in [4.69, 9.17) is 4.74 Å². The molecule has 1 saturated heterocycles. The lowest BCUT2D eigenvalue weighted by Crippen LogP contribution is -2.32. The molecule has 0 unspecified atom stereocenters. The lowest BCUT2D eigenvalue weighted by molar-refractivity contribution is 0.204. The van der Waals surface area contributed by atoms with Crippen LogP contribution in [0.5, 0.6) is 11.5 Å². The van der Waals surface area contributed by atoms with Gasteiger partial charge < -0.3 is 14.7 Å². The number of imidazole rings is 1. The molecule has 0 amide bonds. The maximum Gasteiger partial charge on any atom is 0.323 e. The number of hydrogen-bond acceptors (Lipinski definition) is 3. The molecule has 0 spiro atoms. The molecule has 30 heavy (non-hydrogen) atoms. The number of likely N-dealkylation sites (tertiary alicyclic amines) is 1. The lowest BCUT2D eigenvalue weighted by Gasteiger charge is -2.32. The first-order valence-electron chi connectivity index (χ1n) is 10.5. The van der Waals surface area contributed by atoms with E-state index in [1.807, 2.05) is 42.5 Å². The van der Waals surface area contributed by atoms with Gasteiger partial charge in [-0.25, -0.2) is 4.79 Å². The molecule has 2 N–H and O–H groups in total. The van der Waals surface area contributed by atoms with E-state index in [0.717, 1.165) is 55.0 Å². The zero-order valence-electron chi connectivity index (χ0n) is 16.8. The molecule has 0 atom stereocenters. The quantitative estimate of drug-likeness (QED) is 0.495. The number of nitrogens with one attached hydrogen (secondary N) is 2. The van der Waals surface area contributed by atoms with Crippen molar-refractivity contribution >= 4 is 11.0 Å². The topological polar surface area (TPSA) is 61.1 Å². The highest BCUT2D eigenvalue weighted by Crippen LogP contribution is 2.30. The number of hydrogen-bond donors (Lipinski definition) is 2. The third-order valence-electron chi connectivity index (χ3n) is 5.88. The highest BCUT2D eigenvalue weighted by atomic mass is 16.5. The van der Waals surface area contributed by atoms with Crippen molar-refractivity contribution in [2.45, 2.75) is 25.3 Å². The largest absolute Gasteiger partial charge is 0.457 e. The van der Waals surface area contributed by atoms with E-state index in [-0.39, 0.29) is 5.69 Å². The van der Waals surface area contributed by atoms with Gasteiger partial charge in [-0.15, -0.1) is 0 Å². The molecule has 4 aromatic rings. The van der Waals surface area contributed by atoms with Crippen molar-refractivity contribution in [2.75, 3.05) is 13.1 Å². The fraction of sp³-hybridized carbons (Fsp3) is 0.240. The first-order valence-corrected chi connectivity index (χ1v) is 10.5. The predicted molar refractivity (Wildman–Crippen MR) is 119 cm³/mol. The summed E-state index contributed by atoms with van der Waals surface area (Å²) in [6, 6.07) is 24.5. The number of fused-ring (bicyclic) bond motifs is 1. The molecule has 0 bridgehead atoms. The van der Waals surface area contributed by atoms with Gasteiger partial charge in [0, 0.05) is 6.54 Å². The van der Waals surface area contributed by atoms with E-state index >= 15 is 0 Å². The molecular formula is C25H25N3O2. The van der Waals surface area contributed by atoms with Gasteiger partial charge >= 0.3 is 5.69 Å². The highest BCUT2D eigenvalue weighted by molar-refractivity contribution is 5.75. The minimum Gasteiger partial charge on any atom is -0.457 e. The van der Waals surface area contributed by atoms with E-state index in [9.17, 15) is 4.79 Å². The summed E-state index contributed by atoms with van der Waals surface area (Å²) in [6.07, 6.45) is 2.25. The second-order valence-electron chi connectivity index (χ2n) is 8.00. The molecule has 0 aliphatic carbocycles. The third-order valence-corrected chi connectivity index (χ3v) is 5.88. The SMILES string of the molecule is O=c1[nH]c2ccc(C3CCN(Cc4cccc(Oc5ccccc5)c4)CC3)cc2[nH]1. The van der Waals surface area contributed by atoms with Crippen molar-refractivity contribution in [1.29, 1.82) is 0 Å². The lowest BCUT2D eigenvalue weighted by atomic mass is 9.89. The second kappa shape index (κ2) is 8.20. The summed E-state index contributed by atoms with van der Waals surface area (Å²) in [4.78, 5) is 19.7. The van der Waals surface area contributed by atoms with Crippen LogP contribution in [0.2, 0.25) is 0 Å². The molecule has 5 nitrogen and oxygen atoms in total. The molecule has 0 radical (unpaired) electrons. The van der Waals surface area contributed by atoms with Crippen LogP contribution in [0.25, 0.3) is 11.0 Å². The van der Waals surface area contributed by atoms with Crippen molar-refractivity contribution in [3.05, 3.63) is 94.4 Å². The number of para-hydroxylation sites is 1. The minimum atomic E-state index is -0.143. The van der Waals surface area contributed by atoms with Gasteiger partial charge in [0.15, 0.2) is 0 Å². The molecule has 1 aromatic heterocycles. The zero-order valence-corrected chi connectivity index (χ0v) is 16.8. The van der Waals surface area contributed by atoms with Crippen LogP contribution in [0.15, 0.2) is 77.6 Å². The van der Waals surface area contributed by atoms with Crippen LogP contribution in [0.3, 0.4) is 0 Å². The summed E-state index contributed by atoms with van der Waals surface area (Å²) in [5.74, 6) is 2.27. The Kier molecular flexibility index (Phi) is 5.11.